The van der Waals surface area contributed by atoms with Gasteiger partial charge in [-0.05, 0) is 11.0 Å². The normalized spacial score (nSPS) is 32.2. The van der Waals surface area contributed by atoms with E-state index in [9.17, 15) is 0 Å². The molecule has 0 N–H and O–H groups in total. The van der Waals surface area contributed by atoms with Gasteiger partial charge in [0.2, 0.25) is 0 Å². The topological polar surface area (TPSA) is 62.7 Å². The molecule has 0 aromatic carbocycles. The molecule has 0 amide bonds. The molecule has 2 saturated heterocycles. The maximum absolute atomic E-state index is 5.82. The van der Waals surface area contributed by atoms with Gasteiger partial charge in [0, 0.05) is 19.5 Å². The smallest absolute Gasteiger partial charge is 0.316 e. The number of fused-ring (bicyclic) bond motifs is 1. The molecule has 0 radical (unpaired) electrons. The Morgan fingerprint density at radius 1 is 1.05 bits per heavy atom. The first-order chi connectivity index (χ1) is 9.99. The molecule has 1 aromatic heterocycles. The van der Waals surface area contributed by atoms with Gasteiger partial charge in [0.25, 0.3) is 0 Å². The standard InChI is InChI=1S/C15H22N2O4/c1-15(2,3)9-5-16-14(17-6-9)21-11-8-20-12-10(18-4)7-19-13(11)12/h5-6,10-13H,7-8H2,1-4H3/t10-,11?,12-,13-/m1/s1. The van der Waals surface area contributed by atoms with Crippen LogP contribution in [0, 0.1) is 0 Å². The van der Waals surface area contributed by atoms with Crippen molar-refractivity contribution >= 4 is 0 Å². The van der Waals surface area contributed by atoms with Crippen molar-refractivity contribution in [2.45, 2.75) is 50.6 Å². The van der Waals surface area contributed by atoms with Crippen LogP contribution in [0.5, 0.6) is 6.01 Å². The van der Waals surface area contributed by atoms with Crippen LogP contribution in [0.3, 0.4) is 0 Å². The highest BCUT2D eigenvalue weighted by Gasteiger charge is 2.49. The fourth-order valence-corrected chi connectivity index (χ4v) is 2.63. The third-order valence-electron chi connectivity index (χ3n) is 4.02. The number of methoxy groups -OCH3 is 1. The van der Waals surface area contributed by atoms with Crippen LogP contribution in [0.1, 0.15) is 26.3 Å². The first-order valence-corrected chi connectivity index (χ1v) is 7.24. The van der Waals surface area contributed by atoms with E-state index in [4.69, 9.17) is 18.9 Å². The highest BCUT2D eigenvalue weighted by atomic mass is 16.6. The van der Waals surface area contributed by atoms with E-state index in [1.165, 1.54) is 0 Å². The molecule has 0 aliphatic carbocycles. The van der Waals surface area contributed by atoms with E-state index in [1.54, 1.807) is 7.11 Å². The fourth-order valence-electron chi connectivity index (χ4n) is 2.63. The Balaban J connectivity index is 1.65. The molecule has 0 saturated carbocycles. The Kier molecular flexibility index (Phi) is 3.86. The van der Waals surface area contributed by atoms with Gasteiger partial charge in [0.05, 0.1) is 13.2 Å². The molecular formula is C15H22N2O4. The van der Waals surface area contributed by atoms with Crippen LogP contribution in [-0.2, 0) is 19.6 Å². The molecule has 2 fully saturated rings. The van der Waals surface area contributed by atoms with Gasteiger partial charge in [-0.25, -0.2) is 9.97 Å². The molecule has 0 spiro atoms. The molecule has 2 aliphatic heterocycles. The molecular weight excluding hydrogens is 272 g/mol. The van der Waals surface area contributed by atoms with Gasteiger partial charge >= 0.3 is 6.01 Å². The molecule has 3 heterocycles. The van der Waals surface area contributed by atoms with Gasteiger partial charge in [0.1, 0.15) is 18.3 Å². The number of ether oxygens (including phenoxy) is 4. The fraction of sp³-hybridized carbons (Fsp3) is 0.733. The van der Waals surface area contributed by atoms with Crippen molar-refractivity contribution in [2.24, 2.45) is 0 Å². The summed E-state index contributed by atoms with van der Waals surface area (Å²) < 4.78 is 22.6. The number of nitrogens with zero attached hydrogens (tertiary/aromatic N) is 2. The summed E-state index contributed by atoms with van der Waals surface area (Å²) in [5, 5.41) is 0. The highest BCUT2D eigenvalue weighted by Crippen LogP contribution is 2.30. The summed E-state index contributed by atoms with van der Waals surface area (Å²) in [7, 11) is 1.67. The van der Waals surface area contributed by atoms with Gasteiger partial charge in [-0.15, -0.1) is 0 Å². The van der Waals surface area contributed by atoms with Crippen LogP contribution in [0.25, 0.3) is 0 Å². The largest absolute Gasteiger partial charge is 0.455 e. The second kappa shape index (κ2) is 5.51. The number of hydrogen-bond donors (Lipinski definition) is 0. The SMILES string of the molecule is CO[C@@H]1CO[C@@H]2C(Oc3ncc(C(C)(C)C)cn3)CO[C@@H]21. The van der Waals surface area contributed by atoms with Gasteiger partial charge in [-0.3, -0.25) is 0 Å². The Bertz CT molecular complexity index is 485. The molecule has 6 heteroatoms. The maximum Gasteiger partial charge on any atom is 0.316 e. The minimum absolute atomic E-state index is 0.0206. The van der Waals surface area contributed by atoms with Gasteiger partial charge in [0.15, 0.2) is 6.10 Å². The third-order valence-corrected chi connectivity index (χ3v) is 4.02. The lowest BCUT2D eigenvalue weighted by molar-refractivity contribution is -0.0146. The number of aromatic nitrogens is 2. The lowest BCUT2D eigenvalue weighted by atomic mass is 9.89. The lowest BCUT2D eigenvalue weighted by Crippen LogP contribution is -2.35. The highest BCUT2D eigenvalue weighted by molar-refractivity contribution is 5.17. The average molecular weight is 294 g/mol. The number of hydrogen-bond acceptors (Lipinski definition) is 6. The molecule has 4 atom stereocenters. The Labute approximate surface area is 124 Å². The monoisotopic (exact) mass is 294 g/mol. The molecule has 116 valence electrons. The van der Waals surface area contributed by atoms with E-state index < -0.39 is 0 Å². The van der Waals surface area contributed by atoms with Crippen molar-refractivity contribution in [3.63, 3.8) is 0 Å². The lowest BCUT2D eigenvalue weighted by Gasteiger charge is -2.19. The van der Waals surface area contributed by atoms with Crippen LogP contribution in [0.4, 0.5) is 0 Å². The number of rotatable bonds is 3. The van der Waals surface area contributed by atoms with Crippen molar-refractivity contribution in [1.29, 1.82) is 0 Å². The first kappa shape index (κ1) is 14.7. The zero-order valence-electron chi connectivity index (χ0n) is 12.9. The first-order valence-electron chi connectivity index (χ1n) is 7.24. The van der Waals surface area contributed by atoms with E-state index in [2.05, 4.69) is 30.7 Å². The van der Waals surface area contributed by atoms with Gasteiger partial charge < -0.3 is 18.9 Å². The van der Waals surface area contributed by atoms with Crippen molar-refractivity contribution in [2.75, 3.05) is 20.3 Å². The van der Waals surface area contributed by atoms with Crippen LogP contribution in [-0.4, -0.2) is 54.7 Å². The summed E-state index contributed by atoms with van der Waals surface area (Å²) in [5.41, 5.74) is 1.10. The summed E-state index contributed by atoms with van der Waals surface area (Å²) in [6, 6.07) is 0.363. The van der Waals surface area contributed by atoms with Crippen LogP contribution >= 0.6 is 0 Å². The molecule has 1 unspecified atom stereocenters. The zero-order chi connectivity index (χ0) is 15.0. The predicted molar refractivity (Wildman–Crippen MR) is 75.4 cm³/mol. The summed E-state index contributed by atoms with van der Waals surface area (Å²) in [6.07, 6.45) is 3.24. The Hall–Kier alpha value is -1.24. The van der Waals surface area contributed by atoms with Gasteiger partial charge in [-0.2, -0.15) is 0 Å². The summed E-state index contributed by atoms with van der Waals surface area (Å²) in [6.45, 7) is 7.38. The van der Waals surface area contributed by atoms with Crippen molar-refractivity contribution in [3.05, 3.63) is 18.0 Å². The molecule has 6 nitrogen and oxygen atoms in total. The van der Waals surface area contributed by atoms with E-state index in [0.717, 1.165) is 5.56 Å². The summed E-state index contributed by atoms with van der Waals surface area (Å²) >= 11 is 0. The average Bonchev–Trinajstić information content (AvgIpc) is 3.01. The minimum atomic E-state index is -0.185. The predicted octanol–water partition coefficient (Wildman–Crippen LogP) is 1.33. The van der Waals surface area contributed by atoms with Crippen molar-refractivity contribution in [1.82, 2.24) is 9.97 Å². The van der Waals surface area contributed by atoms with E-state index in [0.29, 0.717) is 19.2 Å². The Morgan fingerprint density at radius 3 is 2.19 bits per heavy atom. The summed E-state index contributed by atoms with van der Waals surface area (Å²) in [5.74, 6) is 0. The zero-order valence-corrected chi connectivity index (χ0v) is 12.9. The molecule has 21 heavy (non-hydrogen) atoms. The third kappa shape index (κ3) is 2.88. The minimum Gasteiger partial charge on any atom is -0.455 e. The second-order valence-electron chi connectivity index (χ2n) is 6.53. The quantitative estimate of drug-likeness (QED) is 0.838. The van der Waals surface area contributed by atoms with E-state index >= 15 is 0 Å². The van der Waals surface area contributed by atoms with Crippen molar-refractivity contribution in [3.8, 4) is 6.01 Å². The molecule has 1 aromatic rings. The van der Waals surface area contributed by atoms with E-state index in [-0.39, 0.29) is 29.8 Å². The van der Waals surface area contributed by atoms with Crippen molar-refractivity contribution < 1.29 is 18.9 Å². The summed E-state index contributed by atoms with van der Waals surface area (Å²) in [4.78, 5) is 8.57. The second-order valence-corrected chi connectivity index (χ2v) is 6.53. The van der Waals surface area contributed by atoms with Crippen LogP contribution in [0.2, 0.25) is 0 Å². The van der Waals surface area contributed by atoms with Crippen LogP contribution in [0.15, 0.2) is 12.4 Å². The molecule has 0 bridgehead atoms. The van der Waals surface area contributed by atoms with E-state index in [1.807, 2.05) is 12.4 Å². The Morgan fingerprint density at radius 2 is 1.62 bits per heavy atom. The van der Waals surface area contributed by atoms with Gasteiger partial charge in [-0.1, -0.05) is 20.8 Å². The van der Waals surface area contributed by atoms with Crippen LogP contribution < -0.4 is 4.74 Å². The maximum atomic E-state index is 5.82. The molecule has 2 aliphatic rings. The molecule has 3 rings (SSSR count).